The third-order valence-electron chi connectivity index (χ3n) is 8.26. The summed E-state index contributed by atoms with van der Waals surface area (Å²) in [5.41, 5.74) is 1.52. The average Bonchev–Trinajstić information content (AvgIpc) is 2.88. The molecule has 37 heavy (non-hydrogen) atoms. The van der Waals surface area contributed by atoms with E-state index in [0.29, 0.717) is 0 Å². The summed E-state index contributed by atoms with van der Waals surface area (Å²) in [7, 11) is 2.53. The number of halogens is 1. The van der Waals surface area contributed by atoms with Crippen LogP contribution in [0.2, 0.25) is 0 Å². The minimum absolute atomic E-state index is 0. The van der Waals surface area contributed by atoms with Crippen molar-refractivity contribution in [2.45, 2.75) is 168 Å². The second kappa shape index (κ2) is 27.1. The lowest BCUT2D eigenvalue weighted by Crippen LogP contribution is -3.00. The number of quaternary nitrogens is 1. The van der Waals surface area contributed by atoms with E-state index in [-0.39, 0.29) is 12.4 Å². The molecule has 0 radical (unpaired) electrons. The Morgan fingerprint density at radius 3 is 1.05 bits per heavy atom. The summed E-state index contributed by atoms with van der Waals surface area (Å²) >= 11 is 0. The maximum atomic E-state index is 2.53. The van der Waals surface area contributed by atoms with Crippen molar-refractivity contribution in [3.8, 4) is 0 Å². The van der Waals surface area contributed by atoms with E-state index in [9.17, 15) is 0 Å². The molecule has 0 amide bonds. The highest BCUT2D eigenvalue weighted by molar-refractivity contribution is 5.13. The van der Waals surface area contributed by atoms with Gasteiger partial charge in [0.1, 0.15) is 6.54 Å². The number of hydrogen-bond donors (Lipinski definition) is 0. The van der Waals surface area contributed by atoms with Gasteiger partial charge in [-0.3, -0.25) is 0 Å². The zero-order valence-corrected chi connectivity index (χ0v) is 26.4. The molecule has 0 bridgehead atoms. The molecule has 0 saturated heterocycles. The molecule has 0 fully saturated rings. The summed E-state index contributed by atoms with van der Waals surface area (Å²) in [4.78, 5) is 0. The number of rotatable bonds is 27. The Kier molecular flexibility index (Phi) is 26.7. The van der Waals surface area contributed by atoms with Crippen molar-refractivity contribution >= 4 is 0 Å². The first-order valence-corrected chi connectivity index (χ1v) is 16.6. The van der Waals surface area contributed by atoms with Crippen LogP contribution < -0.4 is 12.4 Å². The Balaban J connectivity index is 0.0000130. The fraction of sp³-hybridized carbons (Fsp3) is 0.829. The van der Waals surface area contributed by atoms with Crippen molar-refractivity contribution < 1.29 is 16.9 Å². The number of hydrogen-bond acceptors (Lipinski definition) is 0. The minimum Gasteiger partial charge on any atom is -1.00 e. The first-order valence-electron chi connectivity index (χ1n) is 16.6. The van der Waals surface area contributed by atoms with Gasteiger partial charge in [-0.05, 0) is 25.7 Å². The first kappa shape index (κ1) is 36.5. The molecule has 2 heteroatoms. The Morgan fingerprint density at radius 2 is 0.730 bits per heavy atom. The van der Waals surface area contributed by atoms with E-state index in [1.54, 1.807) is 0 Å². The van der Waals surface area contributed by atoms with Gasteiger partial charge in [-0.1, -0.05) is 166 Å². The van der Waals surface area contributed by atoms with Crippen molar-refractivity contribution in [1.82, 2.24) is 0 Å². The lowest BCUT2D eigenvalue weighted by atomic mass is 10.0. The Labute approximate surface area is 240 Å². The van der Waals surface area contributed by atoms with Crippen LogP contribution in [0.3, 0.4) is 0 Å². The Morgan fingerprint density at radius 1 is 0.432 bits per heavy atom. The van der Waals surface area contributed by atoms with E-state index in [2.05, 4.69) is 51.2 Å². The summed E-state index contributed by atoms with van der Waals surface area (Å²) in [5, 5.41) is 0. The highest BCUT2D eigenvalue weighted by atomic mass is 35.5. The number of benzene rings is 1. The molecular formula is C35H66ClN. The molecule has 0 aliphatic carbocycles. The van der Waals surface area contributed by atoms with Crippen LogP contribution in [0.4, 0.5) is 0 Å². The van der Waals surface area contributed by atoms with Gasteiger partial charge in [0.15, 0.2) is 0 Å². The van der Waals surface area contributed by atoms with Crippen LogP contribution in [0, 0.1) is 0 Å². The Bertz CT molecular complexity index is 560. The zero-order valence-electron chi connectivity index (χ0n) is 25.6. The highest BCUT2D eigenvalue weighted by Crippen LogP contribution is 2.19. The summed E-state index contributed by atoms with van der Waals surface area (Å²) in [6, 6.07) is 11.2. The average molecular weight is 536 g/mol. The summed E-state index contributed by atoms with van der Waals surface area (Å²) in [5.74, 6) is 0. The van der Waals surface area contributed by atoms with E-state index >= 15 is 0 Å². The second-order valence-corrected chi connectivity index (χ2v) is 12.1. The normalized spacial score (nSPS) is 12.8. The minimum atomic E-state index is 0. The monoisotopic (exact) mass is 535 g/mol. The van der Waals surface area contributed by atoms with Gasteiger partial charge in [0, 0.05) is 5.56 Å². The quantitative estimate of drug-likeness (QED) is 0.0780. The smallest absolute Gasteiger partial charge is 0.104 e. The summed E-state index contributed by atoms with van der Waals surface area (Å²) < 4.78 is 1.24. The molecule has 1 unspecified atom stereocenters. The molecule has 1 nitrogen and oxygen atoms in total. The van der Waals surface area contributed by atoms with Gasteiger partial charge in [0.05, 0.1) is 20.1 Å². The molecule has 0 aliphatic rings. The van der Waals surface area contributed by atoms with Gasteiger partial charge < -0.3 is 16.9 Å². The predicted molar refractivity (Wildman–Crippen MR) is 164 cm³/mol. The molecule has 1 rings (SSSR count). The van der Waals surface area contributed by atoms with Crippen molar-refractivity contribution in [3.05, 3.63) is 35.9 Å². The molecule has 1 aromatic carbocycles. The van der Waals surface area contributed by atoms with Crippen molar-refractivity contribution in [2.24, 2.45) is 0 Å². The highest BCUT2D eigenvalue weighted by Gasteiger charge is 2.21. The molecule has 0 aromatic heterocycles. The van der Waals surface area contributed by atoms with Crippen LogP contribution >= 0.6 is 0 Å². The third kappa shape index (κ3) is 23.1. The molecule has 1 aromatic rings. The largest absolute Gasteiger partial charge is 1.00 e. The van der Waals surface area contributed by atoms with Gasteiger partial charge in [-0.2, -0.15) is 0 Å². The lowest BCUT2D eigenvalue weighted by molar-refractivity contribution is -0.923. The summed E-state index contributed by atoms with van der Waals surface area (Å²) in [6.45, 7) is 8.52. The molecule has 218 valence electrons. The molecule has 0 heterocycles. The zero-order chi connectivity index (χ0) is 26.0. The van der Waals surface area contributed by atoms with E-state index in [0.717, 1.165) is 0 Å². The van der Waals surface area contributed by atoms with Gasteiger partial charge in [0.2, 0.25) is 0 Å². The van der Waals surface area contributed by atoms with E-state index < -0.39 is 0 Å². The van der Waals surface area contributed by atoms with Crippen molar-refractivity contribution in [2.75, 3.05) is 20.1 Å². The Hall–Kier alpha value is -0.530. The van der Waals surface area contributed by atoms with Crippen LogP contribution in [-0.4, -0.2) is 24.6 Å². The first-order chi connectivity index (χ1) is 17.7. The van der Waals surface area contributed by atoms with Crippen LogP contribution in [0.15, 0.2) is 30.3 Å². The van der Waals surface area contributed by atoms with Crippen molar-refractivity contribution in [3.63, 3.8) is 0 Å². The fourth-order valence-corrected chi connectivity index (χ4v) is 5.79. The summed E-state index contributed by atoms with van der Waals surface area (Å²) in [6.07, 6.45) is 33.1. The van der Waals surface area contributed by atoms with Gasteiger partial charge in [0.25, 0.3) is 0 Å². The maximum absolute atomic E-state index is 2.53. The van der Waals surface area contributed by atoms with E-state index in [1.165, 1.54) is 177 Å². The van der Waals surface area contributed by atoms with Crippen LogP contribution in [0.25, 0.3) is 0 Å². The molecule has 1 atom stereocenters. The third-order valence-corrected chi connectivity index (χ3v) is 8.26. The molecule has 0 N–H and O–H groups in total. The van der Waals surface area contributed by atoms with Crippen LogP contribution in [0.1, 0.15) is 167 Å². The fourth-order valence-electron chi connectivity index (χ4n) is 5.79. The van der Waals surface area contributed by atoms with Crippen molar-refractivity contribution in [1.29, 1.82) is 0 Å². The van der Waals surface area contributed by atoms with Gasteiger partial charge in [-0.15, -0.1) is 0 Å². The molecule has 0 aliphatic heterocycles. The molecule has 0 spiro atoms. The number of unbranched alkanes of at least 4 members (excludes halogenated alkanes) is 21. The lowest BCUT2D eigenvalue weighted by Gasteiger charge is -2.35. The maximum Gasteiger partial charge on any atom is 0.104 e. The van der Waals surface area contributed by atoms with Crippen LogP contribution in [-0.2, 0) is 6.54 Å². The number of nitrogens with zero attached hydrogens (tertiary/aromatic N) is 1. The second-order valence-electron chi connectivity index (χ2n) is 12.1. The van der Waals surface area contributed by atoms with Gasteiger partial charge >= 0.3 is 0 Å². The van der Waals surface area contributed by atoms with Gasteiger partial charge in [-0.25, -0.2) is 0 Å². The van der Waals surface area contributed by atoms with E-state index in [4.69, 9.17) is 0 Å². The van der Waals surface area contributed by atoms with Crippen LogP contribution in [0.5, 0.6) is 0 Å². The SMILES string of the molecule is CCCCCCCCCCCCCC[N+](C)(CCCCCCCCCCCCC)Cc1ccccc1.[Cl-]. The molecular weight excluding hydrogens is 470 g/mol. The molecule has 0 saturated carbocycles. The topological polar surface area (TPSA) is 0 Å². The predicted octanol–water partition coefficient (Wildman–Crippen LogP) is 8.65. The standard InChI is InChI=1S/C35H66N.ClH/c1-4-6-8-10-12-14-16-18-20-22-24-29-33-36(3,34-35-30-26-25-27-31-35)32-28-23-21-19-17-15-13-11-9-7-5-2;/h25-27,30-31H,4-24,28-29,32-34H2,1-3H3;1H/q+1;/p-1. The van der Waals surface area contributed by atoms with E-state index in [1.807, 2.05) is 0 Å².